The number of ketones is 1. The summed E-state index contributed by atoms with van der Waals surface area (Å²) < 4.78 is 11.2. The number of hydrogen-bond acceptors (Lipinski definition) is 5. The van der Waals surface area contributed by atoms with Crippen molar-refractivity contribution in [1.29, 1.82) is 0 Å². The van der Waals surface area contributed by atoms with E-state index in [1.165, 1.54) is 4.90 Å². The van der Waals surface area contributed by atoms with Crippen molar-refractivity contribution in [3.8, 4) is 5.75 Å². The van der Waals surface area contributed by atoms with Crippen molar-refractivity contribution < 1.29 is 24.2 Å². The highest BCUT2D eigenvalue weighted by Gasteiger charge is 2.45. The molecule has 0 spiro atoms. The van der Waals surface area contributed by atoms with E-state index >= 15 is 0 Å². The molecular weight excluding hydrogens is 406 g/mol. The highest BCUT2D eigenvalue weighted by atomic mass is 16.5. The third-order valence-electron chi connectivity index (χ3n) is 5.45. The topological polar surface area (TPSA) is 76.1 Å². The first-order chi connectivity index (χ1) is 15.4. The van der Waals surface area contributed by atoms with Gasteiger partial charge in [-0.3, -0.25) is 9.59 Å². The van der Waals surface area contributed by atoms with Crippen molar-refractivity contribution in [2.24, 2.45) is 0 Å². The average molecular weight is 438 g/mol. The highest BCUT2D eigenvalue weighted by molar-refractivity contribution is 6.46. The second kappa shape index (κ2) is 10.5. The Balaban J connectivity index is 2.08. The number of Topliss-reactive ketones (excluding diaryl/α,β-unsaturated/α-hetero) is 1. The maximum absolute atomic E-state index is 13.1. The number of ether oxygens (including phenoxy) is 2. The molecule has 2 aromatic rings. The fourth-order valence-corrected chi connectivity index (χ4v) is 3.83. The Morgan fingerprint density at radius 1 is 1.09 bits per heavy atom. The minimum atomic E-state index is -0.696. The van der Waals surface area contributed by atoms with Gasteiger partial charge in [-0.1, -0.05) is 43.3 Å². The molecule has 170 valence electrons. The molecule has 1 aliphatic rings. The van der Waals surface area contributed by atoms with Gasteiger partial charge in [-0.25, -0.2) is 0 Å². The number of amides is 1. The van der Waals surface area contributed by atoms with Crippen LogP contribution < -0.4 is 4.74 Å². The van der Waals surface area contributed by atoms with Crippen molar-refractivity contribution in [2.75, 3.05) is 19.8 Å². The molecule has 1 heterocycles. The number of benzene rings is 2. The van der Waals surface area contributed by atoms with E-state index < -0.39 is 17.7 Å². The van der Waals surface area contributed by atoms with E-state index in [-0.39, 0.29) is 24.0 Å². The third kappa shape index (κ3) is 5.02. The predicted molar refractivity (Wildman–Crippen MR) is 124 cm³/mol. The van der Waals surface area contributed by atoms with Crippen molar-refractivity contribution in [2.45, 2.75) is 46.3 Å². The molecular formula is C26H31NO5. The molecule has 0 aliphatic carbocycles. The molecule has 32 heavy (non-hydrogen) atoms. The molecule has 2 aromatic carbocycles. The Hall–Kier alpha value is -3.12. The lowest BCUT2D eigenvalue weighted by Crippen LogP contribution is -2.33. The van der Waals surface area contributed by atoms with Gasteiger partial charge in [0.1, 0.15) is 11.5 Å². The molecule has 1 N–H and O–H groups in total. The second-order valence-electron chi connectivity index (χ2n) is 7.97. The number of carbonyl (C=O) groups is 2. The smallest absolute Gasteiger partial charge is 0.295 e. The highest BCUT2D eigenvalue weighted by Crippen LogP contribution is 2.39. The first kappa shape index (κ1) is 23.5. The molecule has 0 aromatic heterocycles. The maximum atomic E-state index is 13.1. The quantitative estimate of drug-likeness (QED) is 0.355. The van der Waals surface area contributed by atoms with Crippen LogP contribution in [0.5, 0.6) is 5.75 Å². The first-order valence-corrected chi connectivity index (χ1v) is 11.1. The van der Waals surface area contributed by atoms with Crippen molar-refractivity contribution in [3.63, 3.8) is 0 Å². The minimum Gasteiger partial charge on any atom is -0.507 e. The lowest BCUT2D eigenvalue weighted by Gasteiger charge is -2.26. The van der Waals surface area contributed by atoms with Crippen LogP contribution in [0, 0.1) is 0 Å². The Kier molecular flexibility index (Phi) is 7.70. The molecule has 0 bridgehead atoms. The van der Waals surface area contributed by atoms with Gasteiger partial charge in [0, 0.05) is 12.1 Å². The molecule has 1 unspecified atom stereocenters. The normalized spacial score (nSPS) is 17.9. The molecule has 1 amide bonds. The van der Waals surface area contributed by atoms with E-state index in [9.17, 15) is 14.7 Å². The summed E-state index contributed by atoms with van der Waals surface area (Å²) in [5, 5.41) is 11.2. The van der Waals surface area contributed by atoms with Crippen LogP contribution in [-0.2, 0) is 20.7 Å². The van der Waals surface area contributed by atoms with Crippen LogP contribution in [0.2, 0.25) is 0 Å². The van der Waals surface area contributed by atoms with Gasteiger partial charge in [0.2, 0.25) is 0 Å². The number of carbonyl (C=O) groups excluding carboxylic acids is 2. The Morgan fingerprint density at radius 3 is 2.44 bits per heavy atom. The molecule has 0 saturated carbocycles. The zero-order chi connectivity index (χ0) is 23.3. The van der Waals surface area contributed by atoms with Crippen LogP contribution in [0.15, 0.2) is 54.1 Å². The van der Waals surface area contributed by atoms with Crippen LogP contribution in [0.1, 0.15) is 50.4 Å². The van der Waals surface area contributed by atoms with Gasteiger partial charge < -0.3 is 19.5 Å². The summed E-state index contributed by atoms with van der Waals surface area (Å²) in [4.78, 5) is 27.5. The summed E-state index contributed by atoms with van der Waals surface area (Å²) in [6.07, 6.45) is 0.892. The van der Waals surface area contributed by atoms with E-state index in [1.807, 2.05) is 45.0 Å². The van der Waals surface area contributed by atoms with E-state index in [1.54, 1.807) is 24.3 Å². The van der Waals surface area contributed by atoms with E-state index in [4.69, 9.17) is 9.47 Å². The minimum absolute atomic E-state index is 0.00964. The summed E-state index contributed by atoms with van der Waals surface area (Å²) in [5.41, 5.74) is 2.44. The number of aliphatic hydroxyl groups is 1. The molecule has 1 atom stereocenters. The molecule has 0 radical (unpaired) electrons. The predicted octanol–water partition coefficient (Wildman–Crippen LogP) is 4.49. The third-order valence-corrected chi connectivity index (χ3v) is 5.45. The van der Waals surface area contributed by atoms with Crippen LogP contribution >= 0.6 is 0 Å². The zero-order valence-corrected chi connectivity index (χ0v) is 19.1. The van der Waals surface area contributed by atoms with Gasteiger partial charge in [-0.05, 0) is 50.5 Å². The van der Waals surface area contributed by atoms with Crippen LogP contribution in [0.3, 0.4) is 0 Å². The monoisotopic (exact) mass is 437 g/mol. The summed E-state index contributed by atoms with van der Waals surface area (Å²) >= 11 is 0. The van der Waals surface area contributed by atoms with Gasteiger partial charge in [0.25, 0.3) is 11.7 Å². The van der Waals surface area contributed by atoms with Crippen LogP contribution in [-0.4, -0.2) is 47.6 Å². The molecule has 1 saturated heterocycles. The number of aliphatic hydroxyl groups excluding tert-OH is 1. The standard InChI is InChI=1S/C26H31NO5/c1-5-18-10-12-19(13-11-18)23-22(24(28)20-8-7-9-21(16-20)31-6-2)25(29)26(30)27(23)14-15-32-17(3)4/h7-13,16-17,23,28H,5-6,14-15H2,1-4H3/b24-22-. The number of nitrogens with zero attached hydrogens (tertiary/aromatic N) is 1. The van der Waals surface area contributed by atoms with Gasteiger partial charge in [-0.2, -0.15) is 0 Å². The Morgan fingerprint density at radius 2 is 1.81 bits per heavy atom. The first-order valence-electron chi connectivity index (χ1n) is 11.1. The fraction of sp³-hybridized carbons (Fsp3) is 0.385. The average Bonchev–Trinajstić information content (AvgIpc) is 3.04. The largest absolute Gasteiger partial charge is 0.507 e. The molecule has 1 aliphatic heterocycles. The maximum Gasteiger partial charge on any atom is 0.295 e. The molecule has 6 nitrogen and oxygen atoms in total. The number of aryl methyl sites for hydroxylation is 1. The fourth-order valence-electron chi connectivity index (χ4n) is 3.83. The summed E-state index contributed by atoms with van der Waals surface area (Å²) in [7, 11) is 0. The van der Waals surface area contributed by atoms with Gasteiger partial charge in [0.05, 0.1) is 30.9 Å². The zero-order valence-electron chi connectivity index (χ0n) is 19.1. The molecule has 3 rings (SSSR count). The van der Waals surface area contributed by atoms with Crippen molar-refractivity contribution in [3.05, 3.63) is 70.8 Å². The second-order valence-corrected chi connectivity index (χ2v) is 7.97. The molecule has 6 heteroatoms. The lowest BCUT2D eigenvalue weighted by atomic mass is 9.94. The van der Waals surface area contributed by atoms with Gasteiger partial charge >= 0.3 is 0 Å². The van der Waals surface area contributed by atoms with Crippen molar-refractivity contribution in [1.82, 2.24) is 4.90 Å². The Bertz CT molecular complexity index is 994. The van der Waals surface area contributed by atoms with Gasteiger partial charge in [-0.15, -0.1) is 0 Å². The number of rotatable bonds is 9. The Labute approximate surface area is 189 Å². The van der Waals surface area contributed by atoms with Gasteiger partial charge in [0.15, 0.2) is 0 Å². The van der Waals surface area contributed by atoms with Crippen LogP contribution in [0.25, 0.3) is 5.76 Å². The van der Waals surface area contributed by atoms with Crippen molar-refractivity contribution >= 4 is 17.4 Å². The SMILES string of the molecule is CCOc1cccc(/C(O)=C2/C(=O)C(=O)N(CCOC(C)C)C2c2ccc(CC)cc2)c1. The summed E-state index contributed by atoms with van der Waals surface area (Å²) in [6.45, 7) is 8.80. The van der Waals surface area contributed by atoms with E-state index in [2.05, 4.69) is 6.92 Å². The summed E-state index contributed by atoms with van der Waals surface area (Å²) in [6, 6.07) is 14.0. The summed E-state index contributed by atoms with van der Waals surface area (Å²) in [5.74, 6) is -0.954. The van der Waals surface area contributed by atoms with E-state index in [0.717, 1.165) is 17.5 Å². The molecule has 1 fully saturated rings. The number of hydrogen-bond donors (Lipinski definition) is 1. The number of likely N-dealkylation sites (tertiary alicyclic amines) is 1. The van der Waals surface area contributed by atoms with E-state index in [0.29, 0.717) is 24.5 Å². The van der Waals surface area contributed by atoms with Crippen LogP contribution in [0.4, 0.5) is 0 Å². The lowest BCUT2D eigenvalue weighted by molar-refractivity contribution is -0.140.